The summed E-state index contributed by atoms with van der Waals surface area (Å²) in [4.78, 5) is 18.6. The lowest BCUT2D eigenvalue weighted by molar-refractivity contribution is 0.252. The molecule has 0 fully saturated rings. The van der Waals surface area contributed by atoms with Crippen molar-refractivity contribution in [2.24, 2.45) is 0 Å². The summed E-state index contributed by atoms with van der Waals surface area (Å²) in [5.41, 5.74) is 8.37. The van der Waals surface area contributed by atoms with Gasteiger partial charge >= 0.3 is 6.03 Å². The number of rotatable bonds is 5. The van der Waals surface area contributed by atoms with E-state index in [1.165, 1.54) is 16.8 Å². The topological polar surface area (TPSA) is 61.7 Å². The Balaban J connectivity index is 1.70. The van der Waals surface area contributed by atoms with Gasteiger partial charge in [-0.25, -0.2) is 9.78 Å². The van der Waals surface area contributed by atoms with Gasteiger partial charge in [-0.3, -0.25) is 4.40 Å². The first kappa shape index (κ1) is 20.5. The molecule has 2 N–H and O–H groups in total. The number of aromatic nitrogens is 2. The minimum atomic E-state index is -0.210. The van der Waals surface area contributed by atoms with Crippen LogP contribution in [0.4, 0.5) is 16.2 Å². The second-order valence-corrected chi connectivity index (χ2v) is 7.70. The van der Waals surface area contributed by atoms with Crippen LogP contribution in [-0.4, -0.2) is 36.1 Å². The summed E-state index contributed by atoms with van der Waals surface area (Å²) < 4.78 is 2.07. The Morgan fingerprint density at radius 3 is 2.65 bits per heavy atom. The van der Waals surface area contributed by atoms with Gasteiger partial charge in [0.2, 0.25) is 0 Å². The van der Waals surface area contributed by atoms with Crippen molar-refractivity contribution < 1.29 is 4.79 Å². The maximum Gasteiger partial charge on any atom is 0.319 e. The van der Waals surface area contributed by atoms with Crippen LogP contribution < -0.4 is 15.5 Å². The number of benzene rings is 2. The van der Waals surface area contributed by atoms with Crippen LogP contribution in [0.25, 0.3) is 28.0 Å². The zero-order chi connectivity index (χ0) is 22.0. The number of nitrogens with zero attached hydrogens (tertiary/aromatic N) is 3. The quantitative estimate of drug-likeness (QED) is 0.474. The van der Waals surface area contributed by atoms with Crippen molar-refractivity contribution in [3.05, 3.63) is 72.6 Å². The fraction of sp³-hybridized carbons (Fsp3) is 0.200. The van der Waals surface area contributed by atoms with Gasteiger partial charge in [-0.1, -0.05) is 24.3 Å². The third-order valence-electron chi connectivity index (χ3n) is 5.36. The molecule has 0 spiro atoms. The molecule has 4 aromatic rings. The Kier molecular flexibility index (Phi) is 5.62. The minimum Gasteiger partial charge on any atom is -0.377 e. The SMILES string of the molecule is CCNC(=O)Nc1cccc(-c2cnc3cc(-c4cccc(N(C)C)c4C)ccn23)c1. The van der Waals surface area contributed by atoms with Crippen molar-refractivity contribution in [1.82, 2.24) is 14.7 Å². The van der Waals surface area contributed by atoms with E-state index in [1.54, 1.807) is 0 Å². The normalized spacial score (nSPS) is 10.8. The van der Waals surface area contributed by atoms with Crippen molar-refractivity contribution in [2.75, 3.05) is 30.9 Å². The molecule has 2 heterocycles. The molecule has 0 unspecified atom stereocenters. The first-order valence-electron chi connectivity index (χ1n) is 10.4. The number of carbonyl (C=O) groups excluding carboxylic acids is 1. The van der Waals surface area contributed by atoms with E-state index >= 15 is 0 Å². The molecule has 0 aliphatic rings. The standard InChI is InChI=1S/C25H27N5O/c1-5-26-25(31)28-20-9-6-8-19(14-20)23-16-27-24-15-18(12-13-30(23)24)21-10-7-11-22(17(21)2)29(3)4/h6-16H,5H2,1-4H3,(H2,26,28,31). The highest BCUT2D eigenvalue weighted by atomic mass is 16.2. The van der Waals surface area contributed by atoms with Crippen molar-refractivity contribution in [3.63, 3.8) is 0 Å². The summed E-state index contributed by atoms with van der Waals surface area (Å²) in [7, 11) is 4.12. The van der Waals surface area contributed by atoms with Crippen LogP contribution in [-0.2, 0) is 0 Å². The van der Waals surface area contributed by atoms with E-state index < -0.39 is 0 Å². The Morgan fingerprint density at radius 2 is 1.87 bits per heavy atom. The summed E-state index contributed by atoms with van der Waals surface area (Å²) in [5.74, 6) is 0. The molecule has 0 saturated heterocycles. The number of anilines is 2. The number of hydrogen-bond acceptors (Lipinski definition) is 3. The fourth-order valence-corrected chi connectivity index (χ4v) is 3.87. The highest BCUT2D eigenvalue weighted by Gasteiger charge is 2.11. The van der Waals surface area contributed by atoms with E-state index in [1.807, 2.05) is 37.4 Å². The van der Waals surface area contributed by atoms with Gasteiger partial charge in [-0.2, -0.15) is 0 Å². The Labute approximate surface area is 182 Å². The summed E-state index contributed by atoms with van der Waals surface area (Å²) in [5, 5.41) is 5.61. The molecule has 2 aromatic heterocycles. The van der Waals surface area contributed by atoms with E-state index in [-0.39, 0.29) is 6.03 Å². The van der Waals surface area contributed by atoms with Gasteiger partial charge in [0.1, 0.15) is 5.65 Å². The first-order valence-corrected chi connectivity index (χ1v) is 10.4. The highest BCUT2D eigenvalue weighted by molar-refractivity contribution is 5.90. The molecule has 2 aromatic carbocycles. The Hall–Kier alpha value is -3.80. The van der Waals surface area contributed by atoms with Crippen LogP contribution >= 0.6 is 0 Å². The molecular formula is C25H27N5O. The molecular weight excluding hydrogens is 386 g/mol. The van der Waals surface area contributed by atoms with Gasteiger partial charge in [0.05, 0.1) is 11.9 Å². The summed E-state index contributed by atoms with van der Waals surface area (Å²) in [6.45, 7) is 4.62. The average molecular weight is 414 g/mol. The zero-order valence-corrected chi connectivity index (χ0v) is 18.3. The number of pyridine rings is 1. The first-order chi connectivity index (χ1) is 15.0. The molecule has 0 bridgehead atoms. The van der Waals surface area contributed by atoms with Gasteiger partial charge in [0.15, 0.2) is 0 Å². The number of imidazole rings is 1. The lowest BCUT2D eigenvalue weighted by Gasteiger charge is -2.18. The van der Waals surface area contributed by atoms with E-state index in [0.29, 0.717) is 6.54 Å². The van der Waals surface area contributed by atoms with Gasteiger partial charge in [0.25, 0.3) is 0 Å². The molecule has 31 heavy (non-hydrogen) atoms. The van der Waals surface area contributed by atoms with Gasteiger partial charge in [-0.05, 0) is 60.9 Å². The monoisotopic (exact) mass is 413 g/mol. The molecule has 4 rings (SSSR count). The van der Waals surface area contributed by atoms with Crippen LogP contribution in [0.3, 0.4) is 0 Å². The number of amides is 2. The van der Waals surface area contributed by atoms with E-state index in [9.17, 15) is 4.79 Å². The smallest absolute Gasteiger partial charge is 0.319 e. The summed E-state index contributed by atoms with van der Waals surface area (Å²) in [6, 6.07) is 18.2. The van der Waals surface area contributed by atoms with Gasteiger partial charge in [0, 0.05) is 43.8 Å². The third kappa shape index (κ3) is 4.10. The summed E-state index contributed by atoms with van der Waals surface area (Å²) in [6.07, 6.45) is 3.92. The maximum atomic E-state index is 11.8. The predicted molar refractivity (Wildman–Crippen MR) is 128 cm³/mol. The lowest BCUT2D eigenvalue weighted by atomic mass is 9.99. The minimum absolute atomic E-state index is 0.210. The van der Waals surface area contributed by atoms with E-state index in [2.05, 4.69) is 82.5 Å². The number of urea groups is 1. The van der Waals surface area contributed by atoms with Crippen molar-refractivity contribution in [1.29, 1.82) is 0 Å². The molecule has 6 heteroatoms. The van der Waals surface area contributed by atoms with Gasteiger partial charge < -0.3 is 15.5 Å². The lowest BCUT2D eigenvalue weighted by Crippen LogP contribution is -2.28. The zero-order valence-electron chi connectivity index (χ0n) is 18.3. The summed E-state index contributed by atoms with van der Waals surface area (Å²) >= 11 is 0. The number of hydrogen-bond donors (Lipinski definition) is 2. The second-order valence-electron chi connectivity index (χ2n) is 7.70. The van der Waals surface area contributed by atoms with E-state index in [0.717, 1.165) is 28.2 Å². The highest BCUT2D eigenvalue weighted by Crippen LogP contribution is 2.31. The van der Waals surface area contributed by atoms with Crippen LogP contribution in [0.2, 0.25) is 0 Å². The van der Waals surface area contributed by atoms with Crippen LogP contribution in [0.1, 0.15) is 12.5 Å². The molecule has 0 aliphatic heterocycles. The maximum absolute atomic E-state index is 11.8. The number of fused-ring (bicyclic) bond motifs is 1. The molecule has 0 saturated carbocycles. The Bertz CT molecular complexity index is 1240. The second kappa shape index (κ2) is 8.52. The third-order valence-corrected chi connectivity index (χ3v) is 5.36. The molecule has 6 nitrogen and oxygen atoms in total. The average Bonchev–Trinajstić information content (AvgIpc) is 3.17. The van der Waals surface area contributed by atoms with Crippen molar-refractivity contribution in [2.45, 2.75) is 13.8 Å². The molecule has 0 radical (unpaired) electrons. The van der Waals surface area contributed by atoms with Crippen molar-refractivity contribution in [3.8, 4) is 22.4 Å². The van der Waals surface area contributed by atoms with Crippen LogP contribution in [0.5, 0.6) is 0 Å². The van der Waals surface area contributed by atoms with E-state index in [4.69, 9.17) is 0 Å². The van der Waals surface area contributed by atoms with Gasteiger partial charge in [-0.15, -0.1) is 0 Å². The molecule has 2 amide bonds. The predicted octanol–water partition coefficient (Wildman–Crippen LogP) is 5.18. The fourth-order valence-electron chi connectivity index (χ4n) is 3.87. The number of carbonyl (C=O) groups is 1. The van der Waals surface area contributed by atoms with Crippen molar-refractivity contribution >= 4 is 23.1 Å². The Morgan fingerprint density at radius 1 is 1.06 bits per heavy atom. The van der Waals surface area contributed by atoms with Crippen LogP contribution in [0.15, 0.2) is 67.0 Å². The molecule has 158 valence electrons. The van der Waals surface area contributed by atoms with Crippen LogP contribution in [0, 0.1) is 6.92 Å². The number of nitrogens with one attached hydrogen (secondary N) is 2. The largest absolute Gasteiger partial charge is 0.377 e. The molecule has 0 aliphatic carbocycles. The molecule has 0 atom stereocenters.